The summed E-state index contributed by atoms with van der Waals surface area (Å²) >= 11 is 0. The molecular formula is C10H15N3O4. The van der Waals surface area contributed by atoms with Gasteiger partial charge in [-0.15, -0.1) is 0 Å². The molecule has 1 aromatic heterocycles. The van der Waals surface area contributed by atoms with E-state index in [1.165, 1.54) is 10.9 Å². The summed E-state index contributed by atoms with van der Waals surface area (Å²) in [5.41, 5.74) is 0.456. The lowest BCUT2D eigenvalue weighted by molar-refractivity contribution is -0.386. The van der Waals surface area contributed by atoms with Gasteiger partial charge in [0.05, 0.1) is 11.0 Å². The number of nitrogens with zero attached hydrogens (tertiary/aromatic N) is 3. The van der Waals surface area contributed by atoms with Crippen molar-refractivity contribution >= 4 is 5.69 Å². The molecule has 1 aliphatic rings. The van der Waals surface area contributed by atoms with Gasteiger partial charge in [0.1, 0.15) is 18.0 Å². The van der Waals surface area contributed by atoms with Crippen molar-refractivity contribution in [2.45, 2.75) is 31.5 Å². The van der Waals surface area contributed by atoms with Crippen LogP contribution in [0.2, 0.25) is 0 Å². The second kappa shape index (κ2) is 4.80. The first-order valence-electron chi connectivity index (χ1n) is 5.55. The molecule has 0 aliphatic carbocycles. The molecule has 1 aromatic rings. The van der Waals surface area contributed by atoms with Crippen LogP contribution in [-0.2, 0) is 11.8 Å². The van der Waals surface area contributed by atoms with E-state index in [0.29, 0.717) is 31.6 Å². The van der Waals surface area contributed by atoms with E-state index in [-0.39, 0.29) is 17.9 Å². The molecule has 0 amide bonds. The van der Waals surface area contributed by atoms with Crippen LogP contribution in [0, 0.1) is 10.1 Å². The van der Waals surface area contributed by atoms with Gasteiger partial charge in [-0.2, -0.15) is 5.10 Å². The van der Waals surface area contributed by atoms with Crippen molar-refractivity contribution in [3.05, 3.63) is 22.0 Å². The molecule has 1 N–H and O–H groups in total. The predicted octanol–water partition coefficient (Wildman–Crippen LogP) is 0.931. The van der Waals surface area contributed by atoms with Gasteiger partial charge in [0.15, 0.2) is 0 Å². The average molecular weight is 241 g/mol. The number of aromatic nitrogens is 2. The Morgan fingerprint density at radius 1 is 1.59 bits per heavy atom. The van der Waals surface area contributed by atoms with Gasteiger partial charge in [0, 0.05) is 13.7 Å². The van der Waals surface area contributed by atoms with Crippen molar-refractivity contribution in [3.63, 3.8) is 0 Å². The molecule has 2 atom stereocenters. The zero-order valence-corrected chi connectivity index (χ0v) is 9.57. The largest absolute Gasteiger partial charge is 0.393 e. The van der Waals surface area contributed by atoms with Crippen LogP contribution < -0.4 is 0 Å². The summed E-state index contributed by atoms with van der Waals surface area (Å²) in [5.74, 6) is 0. The normalized spacial score (nSPS) is 25.5. The van der Waals surface area contributed by atoms with Crippen LogP contribution in [0.25, 0.3) is 0 Å². The van der Waals surface area contributed by atoms with Crippen LogP contribution in [-0.4, -0.2) is 32.5 Å². The molecule has 0 saturated carbocycles. The van der Waals surface area contributed by atoms with Crippen molar-refractivity contribution in [3.8, 4) is 0 Å². The van der Waals surface area contributed by atoms with Crippen molar-refractivity contribution < 1.29 is 14.8 Å². The Labute approximate surface area is 98.1 Å². The summed E-state index contributed by atoms with van der Waals surface area (Å²) in [6, 6.07) is 0. The first-order valence-corrected chi connectivity index (χ1v) is 5.55. The third-order valence-electron chi connectivity index (χ3n) is 3.00. The lowest BCUT2D eigenvalue weighted by Crippen LogP contribution is -2.10. The fraction of sp³-hybridized carbons (Fsp3) is 0.700. The third kappa shape index (κ3) is 2.45. The van der Waals surface area contributed by atoms with Gasteiger partial charge in [-0.3, -0.25) is 14.8 Å². The van der Waals surface area contributed by atoms with E-state index < -0.39 is 4.92 Å². The first kappa shape index (κ1) is 12.0. The maximum absolute atomic E-state index is 10.9. The summed E-state index contributed by atoms with van der Waals surface area (Å²) < 4.78 is 7.04. The van der Waals surface area contributed by atoms with Gasteiger partial charge in [0.25, 0.3) is 0 Å². The number of hydrogen-bond donors (Lipinski definition) is 1. The molecule has 7 nitrogen and oxygen atoms in total. The second-order valence-electron chi connectivity index (χ2n) is 4.18. The van der Waals surface area contributed by atoms with Crippen molar-refractivity contribution in [2.75, 3.05) is 6.61 Å². The molecule has 94 valence electrons. The minimum absolute atomic E-state index is 0.0195. The molecule has 1 saturated heterocycles. The fourth-order valence-corrected chi connectivity index (χ4v) is 2.08. The van der Waals surface area contributed by atoms with Gasteiger partial charge >= 0.3 is 5.69 Å². The van der Waals surface area contributed by atoms with Crippen molar-refractivity contribution in [1.82, 2.24) is 9.78 Å². The summed E-state index contributed by atoms with van der Waals surface area (Å²) in [4.78, 5) is 10.4. The monoisotopic (exact) mass is 241 g/mol. The molecule has 0 radical (unpaired) electrons. The van der Waals surface area contributed by atoms with E-state index >= 15 is 0 Å². The number of rotatable bonds is 2. The van der Waals surface area contributed by atoms with Crippen LogP contribution in [0.1, 0.15) is 31.1 Å². The quantitative estimate of drug-likeness (QED) is 0.614. The van der Waals surface area contributed by atoms with Crippen LogP contribution >= 0.6 is 0 Å². The number of nitro groups is 1. The SMILES string of the molecule is Cn1ncc([N+](=O)[O-])c1C1CCC(O)CCO1. The maximum atomic E-state index is 10.9. The maximum Gasteiger partial charge on any atom is 0.312 e. The summed E-state index contributed by atoms with van der Waals surface area (Å²) in [7, 11) is 1.66. The zero-order valence-electron chi connectivity index (χ0n) is 9.57. The molecule has 2 unspecified atom stereocenters. The summed E-state index contributed by atoms with van der Waals surface area (Å²) in [6.07, 6.45) is 2.23. The molecule has 1 aliphatic heterocycles. The molecule has 7 heteroatoms. The van der Waals surface area contributed by atoms with Crippen LogP contribution in [0.3, 0.4) is 0 Å². The van der Waals surface area contributed by atoms with Crippen LogP contribution in [0.4, 0.5) is 5.69 Å². The van der Waals surface area contributed by atoms with Crippen LogP contribution in [0.15, 0.2) is 6.20 Å². The highest BCUT2D eigenvalue weighted by atomic mass is 16.6. The molecule has 17 heavy (non-hydrogen) atoms. The summed E-state index contributed by atoms with van der Waals surface area (Å²) in [5, 5.41) is 24.3. The van der Waals surface area contributed by atoms with Crippen molar-refractivity contribution in [2.24, 2.45) is 7.05 Å². The third-order valence-corrected chi connectivity index (χ3v) is 3.00. The number of aryl methyl sites for hydroxylation is 1. The second-order valence-corrected chi connectivity index (χ2v) is 4.18. The first-order chi connectivity index (χ1) is 8.09. The van der Waals surface area contributed by atoms with Gasteiger partial charge in [-0.25, -0.2) is 0 Å². The molecule has 1 fully saturated rings. The van der Waals surface area contributed by atoms with E-state index in [1.807, 2.05) is 0 Å². The number of aliphatic hydroxyl groups is 1. The number of aliphatic hydroxyl groups excluding tert-OH is 1. The molecular weight excluding hydrogens is 226 g/mol. The Hall–Kier alpha value is -1.47. The number of hydrogen-bond acceptors (Lipinski definition) is 5. The molecule has 2 heterocycles. The molecule has 0 aromatic carbocycles. The highest BCUT2D eigenvalue weighted by Gasteiger charge is 2.29. The lowest BCUT2D eigenvalue weighted by Gasteiger charge is -2.14. The Kier molecular flexibility index (Phi) is 3.39. The van der Waals surface area contributed by atoms with Gasteiger partial charge < -0.3 is 9.84 Å². The van der Waals surface area contributed by atoms with E-state index in [9.17, 15) is 15.2 Å². The Balaban J connectivity index is 2.26. The van der Waals surface area contributed by atoms with Gasteiger partial charge in [0.2, 0.25) is 0 Å². The minimum atomic E-state index is -0.451. The molecule has 0 spiro atoms. The number of ether oxygens (including phenoxy) is 1. The van der Waals surface area contributed by atoms with E-state index in [4.69, 9.17) is 4.74 Å². The minimum Gasteiger partial charge on any atom is -0.393 e. The van der Waals surface area contributed by atoms with Crippen LogP contribution in [0.5, 0.6) is 0 Å². The highest BCUT2D eigenvalue weighted by molar-refractivity contribution is 5.34. The van der Waals surface area contributed by atoms with Gasteiger partial charge in [-0.05, 0) is 19.3 Å². The average Bonchev–Trinajstić information content (AvgIpc) is 2.52. The van der Waals surface area contributed by atoms with Crippen molar-refractivity contribution in [1.29, 1.82) is 0 Å². The van der Waals surface area contributed by atoms with E-state index in [0.717, 1.165) is 0 Å². The lowest BCUT2D eigenvalue weighted by atomic mass is 10.1. The Morgan fingerprint density at radius 2 is 2.35 bits per heavy atom. The highest BCUT2D eigenvalue weighted by Crippen LogP contribution is 2.32. The smallest absolute Gasteiger partial charge is 0.312 e. The van der Waals surface area contributed by atoms with E-state index in [2.05, 4.69) is 5.10 Å². The molecule has 0 bridgehead atoms. The fourth-order valence-electron chi connectivity index (χ4n) is 2.08. The topological polar surface area (TPSA) is 90.4 Å². The Bertz CT molecular complexity index is 418. The summed E-state index contributed by atoms with van der Waals surface area (Å²) in [6.45, 7) is 0.411. The zero-order chi connectivity index (χ0) is 12.4. The standard InChI is InChI=1S/C10H15N3O4/c1-12-10(8(6-11-12)13(15)16)9-3-2-7(14)4-5-17-9/h6-7,9,14H,2-5H2,1H3. The van der Waals surface area contributed by atoms with Gasteiger partial charge in [-0.1, -0.05) is 0 Å². The molecule has 2 rings (SSSR count). The Morgan fingerprint density at radius 3 is 3.06 bits per heavy atom. The van der Waals surface area contributed by atoms with E-state index in [1.54, 1.807) is 7.05 Å². The predicted molar refractivity (Wildman–Crippen MR) is 58.4 cm³/mol.